The van der Waals surface area contributed by atoms with Crippen LogP contribution in [0.4, 0.5) is 0 Å². The molecule has 3 rings (SSSR count). The van der Waals surface area contributed by atoms with Gasteiger partial charge in [-0.15, -0.1) is 0 Å². The van der Waals surface area contributed by atoms with Crippen molar-refractivity contribution in [3.05, 3.63) is 52.1 Å². The number of halogens is 1. The molecule has 0 bridgehead atoms. The summed E-state index contributed by atoms with van der Waals surface area (Å²) in [6.07, 6.45) is 3.59. The van der Waals surface area contributed by atoms with Crippen molar-refractivity contribution >= 4 is 23.2 Å². The molecule has 2 aliphatic heterocycles. The van der Waals surface area contributed by atoms with E-state index in [9.17, 15) is 4.79 Å². The monoisotopic (exact) mass is 461 g/mol. The lowest BCUT2D eigenvalue weighted by atomic mass is 9.94. The van der Waals surface area contributed by atoms with Crippen molar-refractivity contribution < 1.29 is 9.53 Å². The minimum atomic E-state index is -0.468. The third-order valence-corrected chi connectivity index (χ3v) is 5.97. The number of hydrogen-bond donors (Lipinski definition) is 5. The van der Waals surface area contributed by atoms with Crippen molar-refractivity contribution in [2.75, 3.05) is 33.3 Å². The largest absolute Gasteiger partial charge is 0.496 e. The molecule has 1 aromatic carbocycles. The van der Waals surface area contributed by atoms with Crippen LogP contribution < -0.4 is 32.3 Å². The van der Waals surface area contributed by atoms with Crippen LogP contribution in [-0.2, 0) is 11.3 Å². The van der Waals surface area contributed by atoms with Gasteiger partial charge in [0.15, 0.2) is 0 Å². The highest BCUT2D eigenvalue weighted by atomic mass is 35.5. The molecule has 1 saturated heterocycles. The second-order valence-electron chi connectivity index (χ2n) is 7.92. The second kappa shape index (κ2) is 11.1. The average Bonchev–Trinajstić information content (AvgIpc) is 2.80. The van der Waals surface area contributed by atoms with Crippen LogP contribution in [0.5, 0.6) is 5.75 Å². The SMILES string of the molecule is COc1ccc(Cl)cc1CN1CCNC(N)=C1/C=C(\N)C(=O)N/N=C(\C)C1CCNCC1. The summed E-state index contributed by atoms with van der Waals surface area (Å²) >= 11 is 6.17. The topological polar surface area (TPSA) is 130 Å². The maximum Gasteiger partial charge on any atom is 0.287 e. The Hall–Kier alpha value is -2.91. The number of ether oxygens (including phenoxy) is 1. The lowest BCUT2D eigenvalue weighted by molar-refractivity contribution is -0.117. The van der Waals surface area contributed by atoms with E-state index in [2.05, 4.69) is 21.2 Å². The van der Waals surface area contributed by atoms with Gasteiger partial charge in [0.1, 0.15) is 17.3 Å². The van der Waals surface area contributed by atoms with Gasteiger partial charge in [-0.1, -0.05) is 11.6 Å². The highest BCUT2D eigenvalue weighted by Gasteiger charge is 2.21. The first-order valence-electron chi connectivity index (χ1n) is 10.7. The number of benzene rings is 1. The van der Waals surface area contributed by atoms with Crippen molar-refractivity contribution in [3.8, 4) is 5.75 Å². The fourth-order valence-corrected chi connectivity index (χ4v) is 4.06. The number of hydrazone groups is 1. The minimum absolute atomic E-state index is 0.0246. The number of nitrogens with zero attached hydrogens (tertiary/aromatic N) is 2. The number of nitrogens with two attached hydrogens (primary N) is 2. The fraction of sp³-hybridized carbons (Fsp3) is 0.455. The number of allylic oxidation sites excluding steroid dienone is 1. The molecule has 0 atom stereocenters. The molecule has 2 heterocycles. The third kappa shape index (κ3) is 6.08. The maximum atomic E-state index is 12.6. The fourth-order valence-electron chi connectivity index (χ4n) is 3.86. The van der Waals surface area contributed by atoms with Gasteiger partial charge in [0, 0.05) is 41.8 Å². The van der Waals surface area contributed by atoms with E-state index < -0.39 is 5.91 Å². The van der Waals surface area contributed by atoms with Gasteiger partial charge in [0.2, 0.25) is 0 Å². The predicted octanol–water partition coefficient (Wildman–Crippen LogP) is 1.22. The summed E-state index contributed by atoms with van der Waals surface area (Å²) in [5.74, 6) is 1.07. The summed E-state index contributed by atoms with van der Waals surface area (Å²) in [4.78, 5) is 14.6. The maximum absolute atomic E-state index is 12.6. The molecule has 1 amide bonds. The number of nitrogens with one attached hydrogen (secondary N) is 3. The number of hydrogen-bond acceptors (Lipinski definition) is 8. The van der Waals surface area contributed by atoms with Gasteiger partial charge in [-0.25, -0.2) is 5.43 Å². The summed E-state index contributed by atoms with van der Waals surface area (Å²) in [5.41, 5.74) is 17.3. The molecule has 1 aromatic rings. The lowest BCUT2D eigenvalue weighted by Gasteiger charge is -2.32. The summed E-state index contributed by atoms with van der Waals surface area (Å²) in [6.45, 7) is 5.69. The van der Waals surface area contributed by atoms with E-state index in [0.717, 1.165) is 43.0 Å². The summed E-state index contributed by atoms with van der Waals surface area (Å²) in [7, 11) is 1.62. The van der Waals surface area contributed by atoms with Gasteiger partial charge >= 0.3 is 0 Å². The van der Waals surface area contributed by atoms with Crippen LogP contribution in [0.15, 0.2) is 46.6 Å². The zero-order valence-corrected chi connectivity index (χ0v) is 19.3. The van der Waals surface area contributed by atoms with E-state index in [0.29, 0.717) is 42.1 Å². The van der Waals surface area contributed by atoms with Crippen LogP contribution >= 0.6 is 11.6 Å². The van der Waals surface area contributed by atoms with Crippen LogP contribution in [0.1, 0.15) is 25.3 Å². The number of methoxy groups -OCH3 is 1. The summed E-state index contributed by atoms with van der Waals surface area (Å²) in [5, 5.41) is 11.3. The molecule has 10 heteroatoms. The Bertz CT molecular complexity index is 923. The lowest BCUT2D eigenvalue weighted by Crippen LogP contribution is -2.41. The van der Waals surface area contributed by atoms with Gasteiger partial charge in [-0.05, 0) is 57.1 Å². The van der Waals surface area contributed by atoms with Gasteiger partial charge in [0.05, 0.1) is 12.8 Å². The Morgan fingerprint density at radius 1 is 1.38 bits per heavy atom. The number of carbonyl (C=O) groups excluding carboxylic acids is 1. The molecular formula is C22H32ClN7O2. The summed E-state index contributed by atoms with van der Waals surface area (Å²) < 4.78 is 5.46. The van der Waals surface area contributed by atoms with Crippen LogP contribution in [-0.4, -0.2) is 49.8 Å². The standard InChI is InChI=1S/C22H32ClN7O2/c1-14(15-5-7-26-8-6-15)28-29-22(31)18(24)12-19-21(25)27-9-10-30(19)13-16-11-17(23)3-4-20(16)32-2/h3-4,11-12,15,26-27H,5-10,13,24-25H2,1-2H3,(H,29,31)/b18-12-,28-14+. The van der Waals surface area contributed by atoms with Crippen molar-refractivity contribution in [1.29, 1.82) is 0 Å². The number of rotatable bonds is 7. The van der Waals surface area contributed by atoms with Crippen molar-refractivity contribution in [1.82, 2.24) is 21.0 Å². The molecule has 32 heavy (non-hydrogen) atoms. The normalized spacial score (nSPS) is 18.4. The molecule has 0 unspecified atom stereocenters. The zero-order chi connectivity index (χ0) is 23.1. The Morgan fingerprint density at radius 3 is 2.84 bits per heavy atom. The van der Waals surface area contributed by atoms with Crippen molar-refractivity contribution in [2.24, 2.45) is 22.5 Å². The molecule has 0 saturated carbocycles. The summed E-state index contributed by atoms with van der Waals surface area (Å²) in [6, 6.07) is 5.46. The number of amides is 1. The molecule has 1 fully saturated rings. The Balaban J connectivity index is 1.73. The predicted molar refractivity (Wildman–Crippen MR) is 127 cm³/mol. The van der Waals surface area contributed by atoms with E-state index in [4.69, 9.17) is 27.8 Å². The smallest absolute Gasteiger partial charge is 0.287 e. The molecule has 9 nitrogen and oxygen atoms in total. The molecule has 0 spiro atoms. The Morgan fingerprint density at radius 2 is 2.12 bits per heavy atom. The van der Waals surface area contributed by atoms with Gasteiger partial charge in [-0.3, -0.25) is 4.79 Å². The number of carbonyl (C=O) groups is 1. The van der Waals surface area contributed by atoms with E-state index in [1.54, 1.807) is 19.3 Å². The Kier molecular flexibility index (Phi) is 8.24. The molecule has 0 radical (unpaired) electrons. The quantitative estimate of drug-likeness (QED) is 0.234. The van der Waals surface area contributed by atoms with Crippen LogP contribution in [0.25, 0.3) is 0 Å². The Labute approximate surface area is 193 Å². The van der Waals surface area contributed by atoms with Crippen molar-refractivity contribution in [3.63, 3.8) is 0 Å². The van der Waals surface area contributed by atoms with E-state index in [1.807, 2.05) is 24.0 Å². The van der Waals surface area contributed by atoms with Crippen LogP contribution in [0.2, 0.25) is 5.02 Å². The van der Waals surface area contributed by atoms with Gasteiger partial charge in [-0.2, -0.15) is 5.10 Å². The first kappa shape index (κ1) is 23.7. The van der Waals surface area contributed by atoms with Crippen LogP contribution in [0.3, 0.4) is 0 Å². The molecule has 0 aromatic heterocycles. The molecule has 2 aliphatic rings. The average molecular weight is 462 g/mol. The molecule has 174 valence electrons. The number of piperidine rings is 1. The molecule has 0 aliphatic carbocycles. The van der Waals surface area contributed by atoms with Gasteiger partial charge < -0.3 is 31.7 Å². The first-order chi connectivity index (χ1) is 15.4. The molecule has 7 N–H and O–H groups in total. The van der Waals surface area contributed by atoms with Crippen LogP contribution in [0, 0.1) is 5.92 Å². The highest BCUT2D eigenvalue weighted by molar-refractivity contribution is 6.30. The first-order valence-corrected chi connectivity index (χ1v) is 11.1. The highest BCUT2D eigenvalue weighted by Crippen LogP contribution is 2.26. The van der Waals surface area contributed by atoms with Gasteiger partial charge in [0.25, 0.3) is 5.91 Å². The minimum Gasteiger partial charge on any atom is -0.496 e. The third-order valence-electron chi connectivity index (χ3n) is 5.74. The van der Waals surface area contributed by atoms with Crippen molar-refractivity contribution in [2.45, 2.75) is 26.3 Å². The van der Waals surface area contributed by atoms with E-state index in [-0.39, 0.29) is 5.70 Å². The molecular weight excluding hydrogens is 430 g/mol. The van der Waals surface area contributed by atoms with E-state index >= 15 is 0 Å². The second-order valence-corrected chi connectivity index (χ2v) is 8.36. The zero-order valence-electron chi connectivity index (χ0n) is 18.6. The van der Waals surface area contributed by atoms with E-state index in [1.165, 1.54) is 0 Å².